The minimum atomic E-state index is -4.80. The number of carbonyl (C=O) groups is 1. The summed E-state index contributed by atoms with van der Waals surface area (Å²) in [4.78, 5) is 11.9. The predicted octanol–water partition coefficient (Wildman–Crippen LogP) is 4.01. The summed E-state index contributed by atoms with van der Waals surface area (Å²) in [5, 5.41) is 2.63. The predicted molar refractivity (Wildman–Crippen MR) is 70.2 cm³/mol. The second-order valence-electron chi connectivity index (χ2n) is 5.69. The molecule has 6 heteroatoms. The third-order valence-corrected chi connectivity index (χ3v) is 3.89. The van der Waals surface area contributed by atoms with E-state index in [1.165, 1.54) is 0 Å². The molecule has 1 N–H and O–H groups in total. The summed E-state index contributed by atoms with van der Waals surface area (Å²) in [5.41, 5.74) is -1.58. The molecular weight excluding hydrogens is 286 g/mol. The van der Waals surface area contributed by atoms with Crippen LogP contribution in [0.5, 0.6) is 0 Å². The highest BCUT2D eigenvalue weighted by Gasteiger charge is 2.34. The van der Waals surface area contributed by atoms with Crippen molar-refractivity contribution in [3.8, 4) is 0 Å². The zero-order valence-electron chi connectivity index (χ0n) is 11.6. The molecule has 1 saturated carbocycles. The normalized spacial score (nSPS) is 22.3. The van der Waals surface area contributed by atoms with Gasteiger partial charge in [-0.3, -0.25) is 4.79 Å². The molecule has 0 aromatic heterocycles. The number of hydrogen-bond acceptors (Lipinski definition) is 1. The van der Waals surface area contributed by atoms with Crippen LogP contribution in [0.1, 0.15) is 42.1 Å². The first-order chi connectivity index (χ1) is 9.77. The van der Waals surface area contributed by atoms with Gasteiger partial charge in [0.1, 0.15) is 5.82 Å². The van der Waals surface area contributed by atoms with Gasteiger partial charge < -0.3 is 5.32 Å². The zero-order chi connectivity index (χ0) is 15.6. The summed E-state index contributed by atoms with van der Waals surface area (Å²) in [6.45, 7) is 2.58. The molecule has 1 aromatic carbocycles. The molecule has 1 aliphatic rings. The van der Waals surface area contributed by atoms with Gasteiger partial charge >= 0.3 is 6.18 Å². The lowest BCUT2D eigenvalue weighted by Gasteiger charge is -2.13. The lowest BCUT2D eigenvalue weighted by atomic mass is 10.1. The molecule has 116 valence electrons. The number of benzene rings is 1. The molecule has 2 atom stereocenters. The Kier molecular flexibility index (Phi) is 4.54. The summed E-state index contributed by atoms with van der Waals surface area (Å²) >= 11 is 0. The van der Waals surface area contributed by atoms with Crippen LogP contribution in [-0.4, -0.2) is 12.5 Å². The maximum atomic E-state index is 13.2. The van der Waals surface area contributed by atoms with E-state index < -0.39 is 23.5 Å². The molecule has 0 bridgehead atoms. The molecule has 0 aliphatic heterocycles. The smallest absolute Gasteiger partial charge is 0.352 e. The molecule has 1 amide bonds. The highest BCUT2D eigenvalue weighted by molar-refractivity contribution is 5.94. The van der Waals surface area contributed by atoms with Gasteiger partial charge in [-0.2, -0.15) is 13.2 Å². The van der Waals surface area contributed by atoms with Crippen molar-refractivity contribution >= 4 is 5.91 Å². The molecule has 1 fully saturated rings. The molecule has 0 saturated heterocycles. The fourth-order valence-electron chi connectivity index (χ4n) is 2.73. The largest absolute Gasteiger partial charge is 0.419 e. The monoisotopic (exact) mass is 303 g/mol. The minimum Gasteiger partial charge on any atom is -0.352 e. The van der Waals surface area contributed by atoms with E-state index in [9.17, 15) is 22.4 Å². The minimum absolute atomic E-state index is 0.172. The van der Waals surface area contributed by atoms with Crippen molar-refractivity contribution < 1.29 is 22.4 Å². The van der Waals surface area contributed by atoms with Gasteiger partial charge in [0.05, 0.1) is 5.56 Å². The van der Waals surface area contributed by atoms with Crippen molar-refractivity contribution in [2.45, 2.75) is 32.4 Å². The summed E-state index contributed by atoms with van der Waals surface area (Å²) in [7, 11) is 0. The number of hydrogen-bond donors (Lipinski definition) is 1. The Bertz CT molecular complexity index is 527. The number of alkyl halides is 3. The number of amides is 1. The van der Waals surface area contributed by atoms with E-state index in [0.717, 1.165) is 25.3 Å². The van der Waals surface area contributed by atoms with Crippen molar-refractivity contribution in [3.05, 3.63) is 35.1 Å². The van der Waals surface area contributed by atoms with Crippen LogP contribution in [0.15, 0.2) is 18.2 Å². The van der Waals surface area contributed by atoms with Gasteiger partial charge in [-0.05, 0) is 42.9 Å². The van der Waals surface area contributed by atoms with Gasteiger partial charge in [0.2, 0.25) is 0 Å². The van der Waals surface area contributed by atoms with Crippen LogP contribution in [-0.2, 0) is 6.18 Å². The van der Waals surface area contributed by atoms with E-state index >= 15 is 0 Å². The van der Waals surface area contributed by atoms with Gasteiger partial charge in [-0.1, -0.05) is 13.3 Å². The van der Waals surface area contributed by atoms with Crippen molar-refractivity contribution in [1.82, 2.24) is 5.32 Å². The molecule has 1 aliphatic carbocycles. The van der Waals surface area contributed by atoms with E-state index in [2.05, 4.69) is 12.2 Å². The highest BCUT2D eigenvalue weighted by atomic mass is 19.4. The maximum Gasteiger partial charge on any atom is 0.419 e. The second kappa shape index (κ2) is 6.03. The summed E-state index contributed by atoms with van der Waals surface area (Å²) < 4.78 is 50.9. The number of nitrogens with one attached hydrogen (secondary N) is 1. The molecule has 2 nitrogen and oxygen atoms in total. The molecule has 1 aromatic rings. The lowest BCUT2D eigenvalue weighted by Crippen LogP contribution is -2.28. The third kappa shape index (κ3) is 3.95. The first kappa shape index (κ1) is 15.8. The Labute approximate surface area is 120 Å². The molecule has 21 heavy (non-hydrogen) atoms. The Morgan fingerprint density at radius 3 is 2.62 bits per heavy atom. The van der Waals surface area contributed by atoms with Crippen molar-refractivity contribution in [2.24, 2.45) is 11.8 Å². The van der Waals surface area contributed by atoms with Crippen molar-refractivity contribution in [1.29, 1.82) is 0 Å². The summed E-state index contributed by atoms with van der Waals surface area (Å²) in [6.07, 6.45) is -1.67. The average molecular weight is 303 g/mol. The molecule has 2 rings (SSSR count). The zero-order valence-corrected chi connectivity index (χ0v) is 11.6. The molecule has 0 spiro atoms. The number of rotatable bonds is 3. The van der Waals surface area contributed by atoms with Gasteiger partial charge in [-0.25, -0.2) is 4.39 Å². The van der Waals surface area contributed by atoms with Crippen LogP contribution in [0.2, 0.25) is 0 Å². The van der Waals surface area contributed by atoms with Gasteiger partial charge in [0.15, 0.2) is 0 Å². The second-order valence-corrected chi connectivity index (χ2v) is 5.69. The average Bonchev–Trinajstić information content (AvgIpc) is 2.81. The topological polar surface area (TPSA) is 29.1 Å². The SMILES string of the molecule is CC1CCC(CNC(=O)c2ccc(F)c(C(F)(F)F)c2)C1. The fraction of sp³-hybridized carbons (Fsp3) is 0.533. The van der Waals surface area contributed by atoms with E-state index in [1.54, 1.807) is 0 Å². The van der Waals surface area contributed by atoms with E-state index in [1.807, 2.05) is 0 Å². The van der Waals surface area contributed by atoms with Crippen LogP contribution in [0.3, 0.4) is 0 Å². The first-order valence-electron chi connectivity index (χ1n) is 6.92. The quantitative estimate of drug-likeness (QED) is 0.840. The van der Waals surface area contributed by atoms with Crippen LogP contribution >= 0.6 is 0 Å². The van der Waals surface area contributed by atoms with Crippen LogP contribution in [0, 0.1) is 17.7 Å². The number of halogens is 4. The maximum absolute atomic E-state index is 13.2. The Morgan fingerprint density at radius 2 is 2.05 bits per heavy atom. The van der Waals surface area contributed by atoms with Crippen molar-refractivity contribution in [2.75, 3.05) is 6.54 Å². The summed E-state index contributed by atoms with van der Waals surface area (Å²) in [6, 6.07) is 2.30. The fourth-order valence-corrected chi connectivity index (χ4v) is 2.73. The highest BCUT2D eigenvalue weighted by Crippen LogP contribution is 2.32. The third-order valence-electron chi connectivity index (χ3n) is 3.89. The summed E-state index contributed by atoms with van der Waals surface area (Å²) in [5.74, 6) is -0.982. The van der Waals surface area contributed by atoms with Gasteiger partial charge in [0, 0.05) is 12.1 Å². The number of carbonyl (C=O) groups excluding carboxylic acids is 1. The molecule has 2 unspecified atom stereocenters. The van der Waals surface area contributed by atoms with Crippen LogP contribution in [0.4, 0.5) is 17.6 Å². The molecule has 0 radical (unpaired) electrons. The lowest BCUT2D eigenvalue weighted by molar-refractivity contribution is -0.140. The van der Waals surface area contributed by atoms with Crippen molar-refractivity contribution in [3.63, 3.8) is 0 Å². The van der Waals surface area contributed by atoms with Gasteiger partial charge in [-0.15, -0.1) is 0 Å². The Hall–Kier alpha value is -1.59. The molecular formula is C15H17F4NO. The Morgan fingerprint density at radius 1 is 1.33 bits per heavy atom. The van der Waals surface area contributed by atoms with Crippen LogP contribution < -0.4 is 5.32 Å². The van der Waals surface area contributed by atoms with Crippen LogP contribution in [0.25, 0.3) is 0 Å². The molecule has 0 heterocycles. The van der Waals surface area contributed by atoms with E-state index in [0.29, 0.717) is 30.5 Å². The van der Waals surface area contributed by atoms with E-state index in [4.69, 9.17) is 0 Å². The standard InChI is InChI=1S/C15H17F4NO/c1-9-2-3-10(6-9)8-20-14(21)11-4-5-13(16)12(7-11)15(17,18)19/h4-5,7,9-10H,2-3,6,8H2,1H3,(H,20,21). The Balaban J connectivity index is 2.02. The van der Waals surface area contributed by atoms with Gasteiger partial charge in [0.25, 0.3) is 5.91 Å². The first-order valence-corrected chi connectivity index (χ1v) is 6.92. The van der Waals surface area contributed by atoms with E-state index in [-0.39, 0.29) is 5.56 Å².